The molecule has 1 heterocycles. The molecule has 0 atom stereocenters. The summed E-state index contributed by atoms with van der Waals surface area (Å²) in [5, 5.41) is 2.70. The molecule has 0 saturated carbocycles. The van der Waals surface area contributed by atoms with E-state index >= 15 is 0 Å². The van der Waals surface area contributed by atoms with Gasteiger partial charge in [-0.1, -0.05) is 30.3 Å². The molecule has 1 heteroatoms. The Hall–Kier alpha value is -1.76. The minimum Gasteiger partial charge on any atom is -0.335 e. The van der Waals surface area contributed by atoms with Crippen LogP contribution in [0, 0.1) is 6.92 Å². The van der Waals surface area contributed by atoms with Crippen LogP contribution in [0.1, 0.15) is 26.3 Å². The van der Waals surface area contributed by atoms with Gasteiger partial charge in [0.25, 0.3) is 0 Å². The lowest BCUT2D eigenvalue weighted by Crippen LogP contribution is -2.21. The van der Waals surface area contributed by atoms with Crippen LogP contribution in [0.3, 0.4) is 0 Å². The van der Waals surface area contributed by atoms with Gasteiger partial charge in [-0.15, -0.1) is 0 Å². The molecule has 18 heavy (non-hydrogen) atoms. The molecule has 0 N–H and O–H groups in total. The van der Waals surface area contributed by atoms with Gasteiger partial charge in [0.05, 0.1) is 0 Å². The molecule has 0 unspecified atom stereocenters. The molecule has 0 bridgehead atoms. The number of rotatable bonds is 0. The summed E-state index contributed by atoms with van der Waals surface area (Å²) in [4.78, 5) is 0. The van der Waals surface area contributed by atoms with Crippen molar-refractivity contribution >= 4 is 21.8 Å². The molecule has 0 aliphatic rings. The largest absolute Gasteiger partial charge is 0.335 e. The number of benzene rings is 2. The van der Waals surface area contributed by atoms with Gasteiger partial charge in [0.15, 0.2) is 0 Å². The van der Waals surface area contributed by atoms with Crippen molar-refractivity contribution in [3.63, 3.8) is 0 Å². The predicted octanol–water partition coefficient (Wildman–Crippen LogP) is 4.86. The van der Waals surface area contributed by atoms with E-state index in [0.29, 0.717) is 0 Å². The molecule has 0 radical (unpaired) electrons. The molecule has 0 amide bonds. The molecule has 92 valence electrons. The highest BCUT2D eigenvalue weighted by Crippen LogP contribution is 2.34. The number of aromatic nitrogens is 1. The average Bonchev–Trinajstić information content (AvgIpc) is 2.61. The standard InChI is InChI=1S/C17H19N/c1-12-9-10-14-13-7-5-6-8-15(13)18(16(14)11-12)17(2,3)4/h5-11H,1-4H3. The maximum Gasteiger partial charge on any atom is 0.0499 e. The smallest absolute Gasteiger partial charge is 0.0499 e. The molecule has 3 aromatic rings. The van der Waals surface area contributed by atoms with Crippen LogP contribution in [0.15, 0.2) is 42.5 Å². The van der Waals surface area contributed by atoms with Crippen molar-refractivity contribution in [2.45, 2.75) is 33.2 Å². The van der Waals surface area contributed by atoms with Gasteiger partial charge in [-0.05, 0) is 45.4 Å². The maximum absolute atomic E-state index is 2.45. The highest BCUT2D eigenvalue weighted by Gasteiger charge is 2.19. The third-order valence-corrected chi connectivity index (χ3v) is 3.50. The summed E-state index contributed by atoms with van der Waals surface area (Å²) >= 11 is 0. The van der Waals surface area contributed by atoms with Crippen LogP contribution in [0.5, 0.6) is 0 Å². The van der Waals surface area contributed by atoms with Crippen molar-refractivity contribution in [1.29, 1.82) is 0 Å². The highest BCUT2D eigenvalue weighted by atomic mass is 15.0. The number of hydrogen-bond acceptors (Lipinski definition) is 0. The first-order chi connectivity index (χ1) is 8.48. The van der Waals surface area contributed by atoms with Crippen molar-refractivity contribution in [3.8, 4) is 0 Å². The molecule has 0 spiro atoms. The van der Waals surface area contributed by atoms with Gasteiger partial charge in [0, 0.05) is 27.3 Å². The minimum absolute atomic E-state index is 0.0924. The fourth-order valence-corrected chi connectivity index (χ4v) is 2.80. The zero-order valence-corrected chi connectivity index (χ0v) is 11.5. The molecule has 0 aliphatic heterocycles. The Kier molecular flexibility index (Phi) is 2.28. The summed E-state index contributed by atoms with van der Waals surface area (Å²) in [6.45, 7) is 8.95. The minimum atomic E-state index is 0.0924. The molecule has 2 aromatic carbocycles. The number of hydrogen-bond donors (Lipinski definition) is 0. The predicted molar refractivity (Wildman–Crippen MR) is 79.2 cm³/mol. The fraction of sp³-hybridized carbons (Fsp3) is 0.294. The zero-order chi connectivity index (χ0) is 12.9. The molecule has 0 aliphatic carbocycles. The van der Waals surface area contributed by atoms with E-state index in [0.717, 1.165) is 0 Å². The summed E-state index contributed by atoms with van der Waals surface area (Å²) in [5.74, 6) is 0. The molecule has 1 aromatic heterocycles. The van der Waals surface area contributed by atoms with Crippen LogP contribution in [0.25, 0.3) is 21.8 Å². The van der Waals surface area contributed by atoms with Crippen molar-refractivity contribution < 1.29 is 0 Å². The van der Waals surface area contributed by atoms with E-state index in [1.165, 1.54) is 27.4 Å². The van der Waals surface area contributed by atoms with E-state index in [-0.39, 0.29) is 5.54 Å². The van der Waals surface area contributed by atoms with Crippen LogP contribution in [0.4, 0.5) is 0 Å². The second-order valence-corrected chi connectivity index (χ2v) is 6.04. The van der Waals surface area contributed by atoms with Gasteiger partial charge in [0.2, 0.25) is 0 Å². The number of nitrogens with zero attached hydrogens (tertiary/aromatic N) is 1. The van der Waals surface area contributed by atoms with Crippen LogP contribution in [0.2, 0.25) is 0 Å². The van der Waals surface area contributed by atoms with Gasteiger partial charge in [-0.3, -0.25) is 0 Å². The van der Waals surface area contributed by atoms with Crippen LogP contribution >= 0.6 is 0 Å². The average molecular weight is 237 g/mol. The lowest BCUT2D eigenvalue weighted by Gasteiger charge is -2.24. The van der Waals surface area contributed by atoms with Gasteiger partial charge in [-0.2, -0.15) is 0 Å². The maximum atomic E-state index is 2.45. The summed E-state index contributed by atoms with van der Waals surface area (Å²) in [5.41, 5.74) is 4.07. The van der Waals surface area contributed by atoms with Crippen molar-refractivity contribution in [1.82, 2.24) is 4.57 Å². The zero-order valence-electron chi connectivity index (χ0n) is 11.5. The molecule has 0 saturated heterocycles. The molecule has 1 nitrogen and oxygen atoms in total. The van der Waals surface area contributed by atoms with Gasteiger partial charge >= 0.3 is 0 Å². The monoisotopic (exact) mass is 237 g/mol. The fourth-order valence-electron chi connectivity index (χ4n) is 2.80. The lowest BCUT2D eigenvalue weighted by molar-refractivity contribution is 0.423. The van der Waals surface area contributed by atoms with E-state index < -0.39 is 0 Å². The van der Waals surface area contributed by atoms with E-state index in [4.69, 9.17) is 0 Å². The number of para-hydroxylation sites is 1. The van der Waals surface area contributed by atoms with Gasteiger partial charge in [0.1, 0.15) is 0 Å². The van der Waals surface area contributed by atoms with Gasteiger partial charge < -0.3 is 4.57 Å². The van der Waals surface area contributed by atoms with Crippen molar-refractivity contribution in [2.75, 3.05) is 0 Å². The normalized spacial score (nSPS) is 12.4. The van der Waals surface area contributed by atoms with E-state index in [2.05, 4.69) is 74.7 Å². The Labute approximate surface area is 108 Å². The molecule has 3 rings (SSSR count). The van der Waals surface area contributed by atoms with E-state index in [9.17, 15) is 0 Å². The van der Waals surface area contributed by atoms with Crippen molar-refractivity contribution in [3.05, 3.63) is 48.0 Å². The molecular formula is C17H19N. The Morgan fingerprint density at radius 2 is 1.50 bits per heavy atom. The summed E-state index contributed by atoms with van der Waals surface area (Å²) in [7, 11) is 0. The SMILES string of the molecule is Cc1ccc2c3ccccc3n(C(C)(C)C)c2c1. The quantitative estimate of drug-likeness (QED) is 0.526. The van der Waals surface area contributed by atoms with Crippen molar-refractivity contribution in [2.24, 2.45) is 0 Å². The summed E-state index contributed by atoms with van der Waals surface area (Å²) < 4.78 is 2.45. The Morgan fingerprint density at radius 1 is 0.833 bits per heavy atom. The first kappa shape index (κ1) is 11.3. The Bertz CT molecular complexity index is 726. The Morgan fingerprint density at radius 3 is 2.22 bits per heavy atom. The molecular weight excluding hydrogens is 218 g/mol. The second-order valence-electron chi connectivity index (χ2n) is 6.04. The number of aryl methyl sites for hydroxylation is 1. The van der Waals surface area contributed by atoms with Crippen LogP contribution < -0.4 is 0 Å². The topological polar surface area (TPSA) is 4.93 Å². The third-order valence-electron chi connectivity index (χ3n) is 3.50. The summed E-state index contributed by atoms with van der Waals surface area (Å²) in [6.07, 6.45) is 0. The second kappa shape index (κ2) is 3.61. The summed E-state index contributed by atoms with van der Waals surface area (Å²) in [6, 6.07) is 15.4. The van der Waals surface area contributed by atoms with E-state index in [1.54, 1.807) is 0 Å². The lowest BCUT2D eigenvalue weighted by atomic mass is 10.1. The first-order valence-electron chi connectivity index (χ1n) is 6.49. The number of fused-ring (bicyclic) bond motifs is 3. The van der Waals surface area contributed by atoms with Gasteiger partial charge in [-0.25, -0.2) is 0 Å². The van der Waals surface area contributed by atoms with Crippen LogP contribution in [-0.4, -0.2) is 4.57 Å². The van der Waals surface area contributed by atoms with E-state index in [1.807, 2.05) is 0 Å². The third kappa shape index (κ3) is 1.54. The van der Waals surface area contributed by atoms with Crippen LogP contribution in [-0.2, 0) is 5.54 Å². The molecule has 0 fully saturated rings. The first-order valence-corrected chi connectivity index (χ1v) is 6.49. The Balaban J connectivity index is 2.59. The highest BCUT2D eigenvalue weighted by molar-refractivity contribution is 6.08.